The van der Waals surface area contributed by atoms with Gasteiger partial charge in [0.25, 0.3) is 0 Å². The number of anilines is 2. The SMILES string of the molecule is CCCc1c(N)ncnc1N1CCSCC1. The van der Waals surface area contributed by atoms with Crippen LogP contribution in [0.15, 0.2) is 6.33 Å². The van der Waals surface area contributed by atoms with Crippen molar-refractivity contribution in [1.29, 1.82) is 0 Å². The fourth-order valence-electron chi connectivity index (χ4n) is 1.95. The van der Waals surface area contributed by atoms with Crippen LogP contribution in [0.25, 0.3) is 0 Å². The van der Waals surface area contributed by atoms with Crippen LogP contribution in [-0.2, 0) is 6.42 Å². The maximum absolute atomic E-state index is 5.93. The fourth-order valence-corrected chi connectivity index (χ4v) is 2.86. The van der Waals surface area contributed by atoms with Gasteiger partial charge in [-0.2, -0.15) is 11.8 Å². The van der Waals surface area contributed by atoms with E-state index in [4.69, 9.17) is 5.73 Å². The maximum Gasteiger partial charge on any atom is 0.137 e. The first-order valence-corrected chi connectivity index (χ1v) is 6.90. The minimum Gasteiger partial charge on any atom is -0.383 e. The Bertz CT molecular complexity index is 350. The summed E-state index contributed by atoms with van der Waals surface area (Å²) in [6.07, 6.45) is 3.62. The first-order chi connectivity index (χ1) is 7.83. The van der Waals surface area contributed by atoms with Crippen molar-refractivity contribution in [2.45, 2.75) is 19.8 Å². The van der Waals surface area contributed by atoms with Gasteiger partial charge < -0.3 is 10.6 Å². The third-order valence-electron chi connectivity index (χ3n) is 2.77. The molecule has 2 N–H and O–H groups in total. The number of nitrogen functional groups attached to an aromatic ring is 1. The summed E-state index contributed by atoms with van der Waals surface area (Å²) in [7, 11) is 0. The molecule has 0 spiro atoms. The quantitative estimate of drug-likeness (QED) is 0.866. The van der Waals surface area contributed by atoms with Gasteiger partial charge in [-0.1, -0.05) is 13.3 Å². The summed E-state index contributed by atoms with van der Waals surface area (Å²) in [6.45, 7) is 4.29. The van der Waals surface area contributed by atoms with Crippen LogP contribution in [0.1, 0.15) is 18.9 Å². The highest BCUT2D eigenvalue weighted by molar-refractivity contribution is 7.99. The van der Waals surface area contributed by atoms with E-state index >= 15 is 0 Å². The van der Waals surface area contributed by atoms with Crippen molar-refractivity contribution >= 4 is 23.4 Å². The van der Waals surface area contributed by atoms with E-state index in [1.807, 2.05) is 11.8 Å². The number of rotatable bonds is 3. The highest BCUT2D eigenvalue weighted by atomic mass is 32.2. The van der Waals surface area contributed by atoms with Crippen molar-refractivity contribution in [2.24, 2.45) is 0 Å². The maximum atomic E-state index is 5.93. The zero-order chi connectivity index (χ0) is 11.4. The molecule has 0 bridgehead atoms. The Morgan fingerprint density at radius 3 is 2.81 bits per heavy atom. The average Bonchev–Trinajstić information content (AvgIpc) is 2.33. The molecule has 1 aliphatic heterocycles. The molecule has 1 saturated heterocycles. The summed E-state index contributed by atoms with van der Waals surface area (Å²) in [5.41, 5.74) is 7.05. The fraction of sp³-hybridized carbons (Fsp3) is 0.636. The van der Waals surface area contributed by atoms with Crippen LogP contribution in [0.4, 0.5) is 11.6 Å². The molecule has 4 nitrogen and oxygen atoms in total. The van der Waals surface area contributed by atoms with Crippen molar-refractivity contribution < 1.29 is 0 Å². The lowest BCUT2D eigenvalue weighted by molar-refractivity contribution is 0.809. The van der Waals surface area contributed by atoms with Crippen molar-refractivity contribution in [3.8, 4) is 0 Å². The highest BCUT2D eigenvalue weighted by Crippen LogP contribution is 2.25. The highest BCUT2D eigenvalue weighted by Gasteiger charge is 2.17. The molecular formula is C11H18N4S. The van der Waals surface area contributed by atoms with Crippen LogP contribution in [0.5, 0.6) is 0 Å². The summed E-state index contributed by atoms with van der Waals surface area (Å²) in [5.74, 6) is 4.05. The monoisotopic (exact) mass is 238 g/mol. The van der Waals surface area contributed by atoms with Gasteiger partial charge in [0.05, 0.1) is 0 Å². The number of hydrogen-bond acceptors (Lipinski definition) is 5. The lowest BCUT2D eigenvalue weighted by Gasteiger charge is -2.29. The normalized spacial score (nSPS) is 16.4. The molecule has 0 aromatic carbocycles. The number of thioether (sulfide) groups is 1. The van der Waals surface area contributed by atoms with Gasteiger partial charge in [0, 0.05) is 30.2 Å². The summed E-state index contributed by atoms with van der Waals surface area (Å²) < 4.78 is 0. The molecule has 1 aromatic rings. The third kappa shape index (κ3) is 2.40. The predicted molar refractivity (Wildman–Crippen MR) is 70.0 cm³/mol. The van der Waals surface area contributed by atoms with Crippen molar-refractivity contribution in [3.63, 3.8) is 0 Å². The van der Waals surface area contributed by atoms with Gasteiger partial charge in [0.2, 0.25) is 0 Å². The molecule has 2 heterocycles. The van der Waals surface area contributed by atoms with E-state index in [1.54, 1.807) is 6.33 Å². The van der Waals surface area contributed by atoms with E-state index in [-0.39, 0.29) is 0 Å². The predicted octanol–water partition coefficient (Wildman–Crippen LogP) is 1.56. The Balaban J connectivity index is 2.27. The van der Waals surface area contributed by atoms with Gasteiger partial charge in [0.15, 0.2) is 0 Å². The summed E-state index contributed by atoms with van der Waals surface area (Å²) in [6, 6.07) is 0. The average molecular weight is 238 g/mol. The number of nitrogens with two attached hydrogens (primary N) is 1. The topological polar surface area (TPSA) is 55.0 Å². The number of nitrogens with zero attached hydrogens (tertiary/aromatic N) is 3. The Labute approximate surface area is 101 Å². The largest absolute Gasteiger partial charge is 0.383 e. The van der Waals surface area contributed by atoms with Crippen LogP contribution >= 0.6 is 11.8 Å². The zero-order valence-electron chi connectivity index (χ0n) is 9.65. The Morgan fingerprint density at radius 2 is 2.12 bits per heavy atom. The molecule has 2 rings (SSSR count). The molecular weight excluding hydrogens is 220 g/mol. The second-order valence-corrected chi connectivity index (χ2v) is 5.14. The van der Waals surface area contributed by atoms with Gasteiger partial charge in [0.1, 0.15) is 18.0 Å². The van der Waals surface area contributed by atoms with E-state index in [0.29, 0.717) is 5.82 Å². The van der Waals surface area contributed by atoms with Crippen LogP contribution in [0.3, 0.4) is 0 Å². The minimum atomic E-state index is 0.644. The Hall–Kier alpha value is -0.970. The van der Waals surface area contributed by atoms with Gasteiger partial charge >= 0.3 is 0 Å². The van der Waals surface area contributed by atoms with E-state index in [0.717, 1.165) is 37.3 Å². The molecule has 1 aliphatic rings. The van der Waals surface area contributed by atoms with Crippen LogP contribution in [0.2, 0.25) is 0 Å². The minimum absolute atomic E-state index is 0.644. The molecule has 0 radical (unpaired) electrons. The molecule has 0 unspecified atom stereocenters. The van der Waals surface area contributed by atoms with Crippen LogP contribution in [0, 0.1) is 0 Å². The standard InChI is InChI=1S/C11H18N4S/c1-2-3-9-10(12)13-8-14-11(9)15-4-6-16-7-5-15/h8H,2-7H2,1H3,(H2,12,13,14). The molecule has 16 heavy (non-hydrogen) atoms. The Morgan fingerprint density at radius 1 is 1.38 bits per heavy atom. The van der Waals surface area contributed by atoms with Crippen molar-refractivity contribution in [2.75, 3.05) is 35.2 Å². The molecule has 0 aliphatic carbocycles. The van der Waals surface area contributed by atoms with E-state index in [1.165, 1.54) is 11.5 Å². The van der Waals surface area contributed by atoms with Gasteiger partial charge in [-0.25, -0.2) is 9.97 Å². The summed E-state index contributed by atoms with van der Waals surface area (Å²) in [5, 5.41) is 0. The number of hydrogen-bond donors (Lipinski definition) is 1. The van der Waals surface area contributed by atoms with Crippen molar-refractivity contribution in [3.05, 3.63) is 11.9 Å². The number of aromatic nitrogens is 2. The summed E-state index contributed by atoms with van der Waals surface area (Å²) >= 11 is 2.00. The molecule has 5 heteroatoms. The molecule has 88 valence electrons. The molecule has 0 atom stereocenters. The first-order valence-electron chi connectivity index (χ1n) is 5.75. The summed E-state index contributed by atoms with van der Waals surface area (Å²) in [4.78, 5) is 10.8. The lowest BCUT2D eigenvalue weighted by Crippen LogP contribution is -2.34. The van der Waals surface area contributed by atoms with Gasteiger partial charge in [-0.15, -0.1) is 0 Å². The third-order valence-corrected chi connectivity index (χ3v) is 3.71. The second kappa shape index (κ2) is 5.39. The van der Waals surface area contributed by atoms with E-state index in [9.17, 15) is 0 Å². The van der Waals surface area contributed by atoms with Gasteiger partial charge in [-0.3, -0.25) is 0 Å². The van der Waals surface area contributed by atoms with Gasteiger partial charge in [-0.05, 0) is 6.42 Å². The molecule has 0 amide bonds. The Kier molecular flexibility index (Phi) is 3.88. The molecule has 1 fully saturated rings. The zero-order valence-corrected chi connectivity index (χ0v) is 10.5. The first kappa shape index (κ1) is 11.5. The van der Waals surface area contributed by atoms with Crippen molar-refractivity contribution in [1.82, 2.24) is 9.97 Å². The smallest absolute Gasteiger partial charge is 0.137 e. The van der Waals surface area contributed by atoms with Crippen LogP contribution in [-0.4, -0.2) is 34.6 Å². The molecule has 0 saturated carbocycles. The second-order valence-electron chi connectivity index (χ2n) is 3.91. The lowest BCUT2D eigenvalue weighted by atomic mass is 10.1. The molecule has 1 aromatic heterocycles. The van der Waals surface area contributed by atoms with E-state index in [2.05, 4.69) is 21.8 Å². The van der Waals surface area contributed by atoms with Crippen LogP contribution < -0.4 is 10.6 Å². The van der Waals surface area contributed by atoms with E-state index < -0.39 is 0 Å².